The molecule has 0 radical (unpaired) electrons. The molecular formula is C21H23ClN2O6S. The summed E-state index contributed by atoms with van der Waals surface area (Å²) in [6, 6.07) is 10.7. The number of ketones is 1. The average molecular weight is 467 g/mol. The number of ether oxygens (including phenoxy) is 2. The monoisotopic (exact) mass is 466 g/mol. The van der Waals surface area contributed by atoms with Gasteiger partial charge in [0.2, 0.25) is 10.0 Å². The van der Waals surface area contributed by atoms with Crippen LogP contribution in [0.3, 0.4) is 0 Å². The summed E-state index contributed by atoms with van der Waals surface area (Å²) < 4.78 is 37.7. The van der Waals surface area contributed by atoms with Crippen LogP contribution in [0.1, 0.15) is 17.3 Å². The van der Waals surface area contributed by atoms with Crippen LogP contribution in [0, 0.1) is 0 Å². The number of carbonyl (C=O) groups is 2. The maximum Gasteiger partial charge on any atom is 0.260 e. The van der Waals surface area contributed by atoms with Crippen LogP contribution in [0.15, 0.2) is 47.4 Å². The van der Waals surface area contributed by atoms with Crippen molar-refractivity contribution in [1.29, 1.82) is 0 Å². The Bertz CT molecular complexity index is 1060. The zero-order chi connectivity index (χ0) is 22.6. The number of methoxy groups -OCH3 is 1. The molecule has 2 aromatic rings. The Morgan fingerprint density at radius 1 is 1.00 bits per heavy atom. The number of hydrogen-bond donors (Lipinski definition) is 0. The summed E-state index contributed by atoms with van der Waals surface area (Å²) in [6.07, 6.45) is 0. The van der Waals surface area contributed by atoms with Gasteiger partial charge in [0.05, 0.1) is 12.0 Å². The number of rotatable bonds is 7. The quantitative estimate of drug-likeness (QED) is 0.582. The minimum absolute atomic E-state index is 0.104. The number of benzene rings is 2. The molecule has 8 nitrogen and oxygen atoms in total. The Balaban J connectivity index is 1.57. The summed E-state index contributed by atoms with van der Waals surface area (Å²) in [5, 5.41) is 0.460. The highest BCUT2D eigenvalue weighted by molar-refractivity contribution is 7.89. The predicted octanol–water partition coefficient (Wildman–Crippen LogP) is 2.46. The van der Waals surface area contributed by atoms with Crippen LogP contribution in [0.4, 0.5) is 0 Å². The van der Waals surface area contributed by atoms with Gasteiger partial charge in [0.25, 0.3) is 5.91 Å². The van der Waals surface area contributed by atoms with E-state index in [0.29, 0.717) is 22.1 Å². The molecule has 0 saturated carbocycles. The second-order valence-corrected chi connectivity index (χ2v) is 9.32. The summed E-state index contributed by atoms with van der Waals surface area (Å²) in [7, 11) is -2.19. The fraction of sp³-hybridized carbons (Fsp3) is 0.333. The highest BCUT2D eigenvalue weighted by Crippen LogP contribution is 2.28. The van der Waals surface area contributed by atoms with E-state index in [1.54, 1.807) is 23.1 Å². The van der Waals surface area contributed by atoms with Crippen LogP contribution in [0.25, 0.3) is 0 Å². The van der Waals surface area contributed by atoms with Crippen molar-refractivity contribution in [2.75, 3.05) is 39.9 Å². The van der Waals surface area contributed by atoms with E-state index < -0.39 is 10.0 Å². The molecule has 0 aliphatic carbocycles. The molecule has 0 atom stereocenters. The first-order valence-corrected chi connectivity index (χ1v) is 11.4. The lowest BCUT2D eigenvalue weighted by Crippen LogP contribution is -2.51. The third-order valence-corrected chi connectivity index (χ3v) is 7.13. The molecule has 1 fully saturated rings. The van der Waals surface area contributed by atoms with Crippen LogP contribution in [-0.4, -0.2) is 69.2 Å². The van der Waals surface area contributed by atoms with Gasteiger partial charge in [0, 0.05) is 36.8 Å². The zero-order valence-corrected chi connectivity index (χ0v) is 18.8. The molecule has 1 aliphatic heterocycles. The highest BCUT2D eigenvalue weighted by Gasteiger charge is 2.30. The Labute approximate surface area is 186 Å². The normalized spacial score (nSPS) is 14.9. The van der Waals surface area contributed by atoms with Crippen LogP contribution in [0.2, 0.25) is 5.02 Å². The summed E-state index contributed by atoms with van der Waals surface area (Å²) >= 11 is 5.83. The van der Waals surface area contributed by atoms with E-state index in [4.69, 9.17) is 21.1 Å². The van der Waals surface area contributed by atoms with Gasteiger partial charge in [-0.15, -0.1) is 0 Å². The van der Waals surface area contributed by atoms with Gasteiger partial charge in [-0.05, 0) is 49.4 Å². The van der Waals surface area contributed by atoms with Gasteiger partial charge in [-0.2, -0.15) is 4.31 Å². The van der Waals surface area contributed by atoms with Crippen LogP contribution in [0.5, 0.6) is 11.5 Å². The van der Waals surface area contributed by atoms with Crippen molar-refractivity contribution in [1.82, 2.24) is 9.21 Å². The number of hydrogen-bond acceptors (Lipinski definition) is 6. The van der Waals surface area contributed by atoms with E-state index >= 15 is 0 Å². The molecule has 10 heteroatoms. The molecule has 2 aromatic carbocycles. The number of sulfonamides is 1. The van der Waals surface area contributed by atoms with E-state index in [1.807, 2.05) is 0 Å². The van der Waals surface area contributed by atoms with Crippen molar-refractivity contribution < 1.29 is 27.5 Å². The topological polar surface area (TPSA) is 93.2 Å². The SMILES string of the molecule is COc1cc(C(C)=O)ccc1OCC(=O)N1CCN(S(=O)(=O)c2ccc(Cl)cc2)CC1. The molecule has 1 heterocycles. The highest BCUT2D eigenvalue weighted by atomic mass is 35.5. The number of Topliss-reactive ketones (excluding diaryl/α,β-unsaturated/α-hetero) is 1. The molecule has 0 spiro atoms. The summed E-state index contributed by atoms with van der Waals surface area (Å²) in [4.78, 5) is 25.8. The maximum atomic E-state index is 12.7. The van der Waals surface area contributed by atoms with Crippen LogP contribution >= 0.6 is 11.6 Å². The van der Waals surface area contributed by atoms with E-state index in [9.17, 15) is 18.0 Å². The second-order valence-electron chi connectivity index (χ2n) is 6.95. The first kappa shape index (κ1) is 23.1. The molecule has 1 amide bonds. The van der Waals surface area contributed by atoms with E-state index in [-0.39, 0.29) is 49.4 Å². The number of nitrogens with zero attached hydrogens (tertiary/aromatic N) is 2. The number of halogens is 1. The van der Waals surface area contributed by atoms with Crippen molar-refractivity contribution in [2.45, 2.75) is 11.8 Å². The summed E-state index contributed by atoms with van der Waals surface area (Å²) in [5.74, 6) is 0.345. The molecule has 1 saturated heterocycles. The molecule has 166 valence electrons. The maximum absolute atomic E-state index is 12.7. The van der Waals surface area contributed by atoms with Gasteiger partial charge < -0.3 is 14.4 Å². The molecule has 0 N–H and O–H groups in total. The van der Waals surface area contributed by atoms with E-state index in [2.05, 4.69) is 0 Å². The van der Waals surface area contributed by atoms with Gasteiger partial charge in [0.15, 0.2) is 23.9 Å². The standard InChI is InChI=1S/C21H23ClN2O6S/c1-15(25)16-3-8-19(20(13-16)29-2)30-14-21(26)23-9-11-24(12-10-23)31(27,28)18-6-4-17(22)5-7-18/h3-8,13H,9-12,14H2,1-2H3. The predicted molar refractivity (Wildman–Crippen MR) is 115 cm³/mol. The molecule has 1 aliphatic rings. The molecular weight excluding hydrogens is 444 g/mol. The summed E-state index contributed by atoms with van der Waals surface area (Å²) in [5.41, 5.74) is 0.480. The molecule has 0 unspecified atom stereocenters. The smallest absolute Gasteiger partial charge is 0.260 e. The number of carbonyl (C=O) groups excluding carboxylic acids is 2. The fourth-order valence-corrected chi connectivity index (χ4v) is 4.72. The van der Waals surface area contributed by atoms with Gasteiger partial charge in [0.1, 0.15) is 0 Å². The minimum Gasteiger partial charge on any atom is -0.493 e. The van der Waals surface area contributed by atoms with Crippen LogP contribution in [-0.2, 0) is 14.8 Å². The molecule has 0 bridgehead atoms. The number of amides is 1. The summed E-state index contributed by atoms with van der Waals surface area (Å²) in [6.45, 7) is 2.12. The second kappa shape index (κ2) is 9.67. The van der Waals surface area contributed by atoms with Gasteiger partial charge in [-0.1, -0.05) is 11.6 Å². The molecule has 31 heavy (non-hydrogen) atoms. The third-order valence-electron chi connectivity index (χ3n) is 4.96. The average Bonchev–Trinajstić information content (AvgIpc) is 2.77. The lowest BCUT2D eigenvalue weighted by Gasteiger charge is -2.34. The van der Waals surface area contributed by atoms with Crippen molar-refractivity contribution in [3.05, 3.63) is 53.1 Å². The minimum atomic E-state index is -3.64. The Morgan fingerprint density at radius 3 is 2.23 bits per heavy atom. The van der Waals surface area contributed by atoms with Crippen molar-refractivity contribution in [2.24, 2.45) is 0 Å². The van der Waals surface area contributed by atoms with Gasteiger partial charge in [-0.3, -0.25) is 9.59 Å². The van der Waals surface area contributed by atoms with Crippen LogP contribution < -0.4 is 9.47 Å². The van der Waals surface area contributed by atoms with Crippen molar-refractivity contribution in [3.63, 3.8) is 0 Å². The Kier molecular flexibility index (Phi) is 7.19. The van der Waals surface area contributed by atoms with E-state index in [0.717, 1.165) is 0 Å². The fourth-order valence-electron chi connectivity index (χ4n) is 3.17. The van der Waals surface area contributed by atoms with Crippen molar-refractivity contribution >= 4 is 33.3 Å². The number of piperazine rings is 1. The first-order valence-electron chi connectivity index (χ1n) is 9.57. The first-order chi connectivity index (χ1) is 14.7. The molecule has 0 aromatic heterocycles. The van der Waals surface area contributed by atoms with E-state index in [1.165, 1.54) is 42.6 Å². The van der Waals surface area contributed by atoms with Crippen molar-refractivity contribution in [3.8, 4) is 11.5 Å². The Hall–Kier alpha value is -2.62. The van der Waals surface area contributed by atoms with Gasteiger partial charge >= 0.3 is 0 Å². The largest absolute Gasteiger partial charge is 0.493 e. The Morgan fingerprint density at radius 2 is 1.65 bits per heavy atom. The lowest BCUT2D eigenvalue weighted by atomic mass is 10.1. The zero-order valence-electron chi connectivity index (χ0n) is 17.2. The van der Waals surface area contributed by atoms with Gasteiger partial charge in [-0.25, -0.2) is 8.42 Å². The molecule has 3 rings (SSSR count). The third kappa shape index (κ3) is 5.36. The lowest BCUT2D eigenvalue weighted by molar-refractivity contribution is -0.134.